The van der Waals surface area contributed by atoms with Gasteiger partial charge < -0.3 is 10.2 Å². The van der Waals surface area contributed by atoms with Crippen LogP contribution < -0.4 is 0 Å². The first-order valence-corrected chi connectivity index (χ1v) is 7.25. The third-order valence-corrected chi connectivity index (χ3v) is 4.32. The number of carboxylic acid groups (broad SMARTS) is 1. The van der Waals surface area contributed by atoms with E-state index in [2.05, 4.69) is 15.9 Å². The van der Waals surface area contributed by atoms with Crippen LogP contribution in [-0.4, -0.2) is 28.2 Å². The molecule has 0 amide bonds. The summed E-state index contributed by atoms with van der Waals surface area (Å²) >= 11 is 4.64. The molecule has 0 aliphatic rings. The Morgan fingerprint density at radius 3 is 2.39 bits per heavy atom. The first-order chi connectivity index (χ1) is 8.38. The number of alkyl halides is 1. The molecule has 2 atom stereocenters. The van der Waals surface area contributed by atoms with Crippen molar-refractivity contribution in [2.45, 2.75) is 22.8 Å². The van der Waals surface area contributed by atoms with Gasteiger partial charge in [-0.25, -0.2) is 4.79 Å². The molecule has 98 valence electrons. The van der Waals surface area contributed by atoms with E-state index in [4.69, 9.17) is 5.11 Å². The van der Waals surface area contributed by atoms with Crippen molar-refractivity contribution < 1.29 is 19.8 Å². The van der Waals surface area contributed by atoms with E-state index >= 15 is 0 Å². The fourth-order valence-corrected chi connectivity index (χ4v) is 2.37. The molecule has 2 unspecified atom stereocenters. The number of ketones is 1. The fourth-order valence-electron chi connectivity index (χ4n) is 1.50. The van der Waals surface area contributed by atoms with E-state index in [0.717, 1.165) is 4.90 Å². The second-order valence-corrected chi connectivity index (χ2v) is 5.50. The smallest absolute Gasteiger partial charge is 0.337 e. The molecule has 0 aliphatic carbocycles. The molecule has 0 aromatic heterocycles. The zero-order chi connectivity index (χ0) is 13.9. The van der Waals surface area contributed by atoms with Gasteiger partial charge in [-0.05, 0) is 36.4 Å². The maximum absolute atomic E-state index is 11.4. The Kier molecular flexibility index (Phi) is 5.37. The third-order valence-electron chi connectivity index (χ3n) is 2.45. The lowest BCUT2D eigenvalue weighted by Crippen LogP contribution is -2.15. The van der Waals surface area contributed by atoms with Crippen molar-refractivity contribution in [1.82, 2.24) is 0 Å². The number of hydrogen-bond acceptors (Lipinski definition) is 4. The number of halogens is 1. The summed E-state index contributed by atoms with van der Waals surface area (Å²) in [6.45, 7) is 1.40. The van der Waals surface area contributed by atoms with Crippen molar-refractivity contribution in [2.24, 2.45) is 0 Å². The van der Waals surface area contributed by atoms with Crippen LogP contribution in [-0.2, 0) is 9.59 Å². The van der Waals surface area contributed by atoms with Gasteiger partial charge in [0.15, 0.2) is 6.10 Å². The summed E-state index contributed by atoms with van der Waals surface area (Å²) in [5.74, 6) is -1.48. The van der Waals surface area contributed by atoms with E-state index in [1.165, 1.54) is 18.7 Å². The summed E-state index contributed by atoms with van der Waals surface area (Å²) < 4.78 is 0. The second-order valence-electron chi connectivity index (χ2n) is 3.71. The SMILES string of the molecule is CSc1ccc(C(Br)C(C)=O)c(C(O)C(=O)O)c1. The Labute approximate surface area is 118 Å². The first-order valence-electron chi connectivity index (χ1n) is 5.11. The summed E-state index contributed by atoms with van der Waals surface area (Å²) in [6.07, 6.45) is 0.217. The number of carbonyl (C=O) groups excluding carboxylic acids is 1. The van der Waals surface area contributed by atoms with E-state index in [9.17, 15) is 14.7 Å². The summed E-state index contributed by atoms with van der Waals surface area (Å²) in [6, 6.07) is 5.04. The van der Waals surface area contributed by atoms with Crippen molar-refractivity contribution in [1.29, 1.82) is 0 Å². The number of rotatable bonds is 5. The molecule has 1 aromatic rings. The fraction of sp³-hybridized carbons (Fsp3) is 0.333. The number of thioether (sulfide) groups is 1. The number of benzene rings is 1. The molecule has 0 heterocycles. The van der Waals surface area contributed by atoms with Gasteiger partial charge >= 0.3 is 5.97 Å². The van der Waals surface area contributed by atoms with Crippen molar-refractivity contribution in [3.8, 4) is 0 Å². The largest absolute Gasteiger partial charge is 0.479 e. The minimum absolute atomic E-state index is 0.147. The second kappa shape index (κ2) is 6.36. The number of Topliss-reactive ketones (excluding diaryl/α,β-unsaturated/α-hetero) is 1. The van der Waals surface area contributed by atoms with E-state index in [0.29, 0.717) is 5.56 Å². The zero-order valence-corrected chi connectivity index (χ0v) is 12.3. The van der Waals surface area contributed by atoms with Crippen molar-refractivity contribution in [3.05, 3.63) is 29.3 Å². The highest BCUT2D eigenvalue weighted by Crippen LogP contribution is 2.33. The van der Waals surface area contributed by atoms with Gasteiger partial charge in [0.1, 0.15) is 5.78 Å². The summed E-state index contributed by atoms with van der Waals surface area (Å²) in [7, 11) is 0. The lowest BCUT2D eigenvalue weighted by atomic mass is 9.98. The van der Waals surface area contributed by atoms with Crippen LogP contribution in [0, 0.1) is 0 Å². The Morgan fingerprint density at radius 1 is 1.33 bits per heavy atom. The lowest BCUT2D eigenvalue weighted by Gasteiger charge is -2.16. The number of carbonyl (C=O) groups is 2. The topological polar surface area (TPSA) is 74.6 Å². The highest BCUT2D eigenvalue weighted by Gasteiger charge is 2.25. The molecule has 0 saturated heterocycles. The van der Waals surface area contributed by atoms with E-state index in [-0.39, 0.29) is 11.3 Å². The highest BCUT2D eigenvalue weighted by atomic mass is 79.9. The van der Waals surface area contributed by atoms with Gasteiger partial charge in [-0.1, -0.05) is 22.0 Å². The minimum atomic E-state index is -1.63. The minimum Gasteiger partial charge on any atom is -0.479 e. The average molecular weight is 333 g/mol. The monoisotopic (exact) mass is 332 g/mol. The van der Waals surface area contributed by atoms with Gasteiger partial charge in [0, 0.05) is 4.90 Å². The van der Waals surface area contributed by atoms with E-state index in [1.807, 2.05) is 6.26 Å². The molecular formula is C12H13BrO4S. The molecule has 0 radical (unpaired) electrons. The molecule has 0 spiro atoms. The molecule has 0 bridgehead atoms. The predicted octanol–water partition coefficient (Wildman–Crippen LogP) is 2.55. The van der Waals surface area contributed by atoms with E-state index in [1.54, 1.807) is 18.2 Å². The average Bonchev–Trinajstić information content (AvgIpc) is 2.35. The summed E-state index contributed by atoms with van der Waals surface area (Å²) in [4.78, 5) is 22.5. The number of hydrogen-bond donors (Lipinski definition) is 2. The molecule has 2 N–H and O–H groups in total. The zero-order valence-electron chi connectivity index (χ0n) is 9.88. The summed E-state index contributed by atoms with van der Waals surface area (Å²) in [5, 5.41) is 18.6. The maximum atomic E-state index is 11.4. The van der Waals surface area contributed by atoms with Gasteiger partial charge in [-0.3, -0.25) is 4.79 Å². The predicted molar refractivity (Wildman–Crippen MR) is 73.2 cm³/mol. The first kappa shape index (κ1) is 15.2. The van der Waals surface area contributed by atoms with Crippen LogP contribution in [0.5, 0.6) is 0 Å². The molecule has 0 aliphatic heterocycles. The third kappa shape index (κ3) is 3.34. The molecule has 18 heavy (non-hydrogen) atoms. The molecule has 6 heteroatoms. The van der Waals surface area contributed by atoms with Crippen LogP contribution in [0.3, 0.4) is 0 Å². The van der Waals surface area contributed by atoms with Crippen molar-refractivity contribution in [3.63, 3.8) is 0 Å². The number of aliphatic carboxylic acids is 1. The number of aliphatic hydroxyl groups is 1. The van der Waals surface area contributed by atoms with Crippen LogP contribution in [0.25, 0.3) is 0 Å². The van der Waals surface area contributed by atoms with Gasteiger partial charge in [0.25, 0.3) is 0 Å². The van der Waals surface area contributed by atoms with Gasteiger partial charge in [0.2, 0.25) is 0 Å². The van der Waals surface area contributed by atoms with Gasteiger partial charge in [-0.15, -0.1) is 11.8 Å². The Balaban J connectivity index is 3.33. The Hall–Kier alpha value is -0.850. The molecule has 1 aromatic carbocycles. The quantitative estimate of drug-likeness (QED) is 0.640. The van der Waals surface area contributed by atoms with Gasteiger partial charge in [0.05, 0.1) is 4.83 Å². The standard InChI is InChI=1S/C12H13BrO4S/c1-6(14)10(13)8-4-3-7(18-2)5-9(8)11(15)12(16)17/h3-5,10-11,15H,1-2H3,(H,16,17). The molecular weight excluding hydrogens is 320 g/mol. The van der Waals surface area contributed by atoms with Crippen molar-refractivity contribution in [2.75, 3.05) is 6.26 Å². The van der Waals surface area contributed by atoms with Crippen LogP contribution in [0.4, 0.5) is 0 Å². The van der Waals surface area contributed by atoms with Crippen molar-refractivity contribution >= 4 is 39.4 Å². The Bertz CT molecular complexity index is 475. The number of carboxylic acids is 1. The number of aliphatic hydroxyl groups excluding tert-OH is 1. The molecule has 4 nitrogen and oxygen atoms in total. The maximum Gasteiger partial charge on any atom is 0.337 e. The van der Waals surface area contributed by atoms with Crippen LogP contribution in [0.15, 0.2) is 23.1 Å². The lowest BCUT2D eigenvalue weighted by molar-refractivity contribution is -0.147. The highest BCUT2D eigenvalue weighted by molar-refractivity contribution is 9.09. The summed E-state index contributed by atoms with van der Waals surface area (Å²) in [5.41, 5.74) is 0.724. The van der Waals surface area contributed by atoms with E-state index < -0.39 is 16.9 Å². The van der Waals surface area contributed by atoms with Gasteiger partial charge in [-0.2, -0.15) is 0 Å². The molecule has 1 rings (SSSR count). The van der Waals surface area contributed by atoms with Crippen LogP contribution in [0.1, 0.15) is 29.0 Å². The Morgan fingerprint density at radius 2 is 1.94 bits per heavy atom. The molecule has 0 fully saturated rings. The van der Waals surface area contributed by atoms with Crippen LogP contribution in [0.2, 0.25) is 0 Å². The van der Waals surface area contributed by atoms with Crippen LogP contribution >= 0.6 is 27.7 Å². The molecule has 0 saturated carbocycles. The normalized spacial score (nSPS) is 14.0.